The van der Waals surface area contributed by atoms with E-state index < -0.39 is 10.0 Å². The zero-order chi connectivity index (χ0) is 21.9. The van der Waals surface area contributed by atoms with Crippen molar-refractivity contribution in [3.63, 3.8) is 0 Å². The molecule has 1 saturated heterocycles. The third-order valence-electron chi connectivity index (χ3n) is 4.99. The van der Waals surface area contributed by atoms with Gasteiger partial charge in [0.05, 0.1) is 19.9 Å². The molecule has 8 nitrogen and oxygen atoms in total. The lowest BCUT2D eigenvalue weighted by atomic mass is 10.1. The van der Waals surface area contributed by atoms with Crippen molar-refractivity contribution < 1.29 is 22.7 Å². The zero-order valence-corrected chi connectivity index (χ0v) is 18.5. The molecule has 3 rings (SSSR count). The Morgan fingerprint density at radius 2 is 1.83 bits per heavy atom. The van der Waals surface area contributed by atoms with Crippen LogP contribution < -0.4 is 24.4 Å². The van der Waals surface area contributed by atoms with Crippen LogP contribution in [0.25, 0.3) is 0 Å². The van der Waals surface area contributed by atoms with Gasteiger partial charge in [-0.15, -0.1) is 0 Å². The number of rotatable bonds is 7. The number of sulfonamides is 1. The van der Waals surface area contributed by atoms with Gasteiger partial charge in [0.2, 0.25) is 10.0 Å². The molecule has 1 amide bonds. The zero-order valence-electron chi connectivity index (χ0n) is 16.9. The highest BCUT2D eigenvalue weighted by atomic mass is 35.5. The van der Waals surface area contributed by atoms with Gasteiger partial charge < -0.3 is 19.7 Å². The molecule has 1 aliphatic heterocycles. The molecule has 10 heteroatoms. The molecule has 2 aromatic carbocycles. The SMILES string of the molecule is CNS(=O)(=O)c1cc(C(=O)NC2CCN(c3cc(Cl)ccc3OC)C2)ccc1OC. The maximum Gasteiger partial charge on any atom is 0.251 e. The van der Waals surface area contributed by atoms with Gasteiger partial charge >= 0.3 is 0 Å². The fraction of sp³-hybridized carbons (Fsp3) is 0.350. The number of halogens is 1. The summed E-state index contributed by atoms with van der Waals surface area (Å²) < 4.78 is 37.2. The summed E-state index contributed by atoms with van der Waals surface area (Å²) in [6.07, 6.45) is 0.735. The monoisotopic (exact) mass is 453 g/mol. The average Bonchev–Trinajstić information content (AvgIpc) is 3.21. The first kappa shape index (κ1) is 22.2. The largest absolute Gasteiger partial charge is 0.495 e. The van der Waals surface area contributed by atoms with Crippen molar-refractivity contribution in [1.29, 1.82) is 0 Å². The topological polar surface area (TPSA) is 97.0 Å². The maximum atomic E-state index is 12.8. The number of carbonyl (C=O) groups is 1. The molecule has 162 valence electrons. The van der Waals surface area contributed by atoms with E-state index in [0.717, 1.165) is 18.7 Å². The van der Waals surface area contributed by atoms with Crippen molar-refractivity contribution in [2.75, 3.05) is 39.3 Å². The van der Waals surface area contributed by atoms with Crippen LogP contribution in [0.4, 0.5) is 5.69 Å². The van der Waals surface area contributed by atoms with E-state index in [1.807, 2.05) is 12.1 Å². The smallest absolute Gasteiger partial charge is 0.251 e. The van der Waals surface area contributed by atoms with Gasteiger partial charge in [0.15, 0.2) is 0 Å². The number of anilines is 1. The lowest BCUT2D eigenvalue weighted by Crippen LogP contribution is -2.37. The Balaban J connectivity index is 1.75. The van der Waals surface area contributed by atoms with Crippen LogP contribution in [0.3, 0.4) is 0 Å². The minimum Gasteiger partial charge on any atom is -0.495 e. The Labute approximate surface area is 181 Å². The van der Waals surface area contributed by atoms with Gasteiger partial charge in [0.25, 0.3) is 5.91 Å². The molecule has 0 saturated carbocycles. The van der Waals surface area contributed by atoms with Crippen molar-refractivity contribution in [3.8, 4) is 11.5 Å². The molecule has 1 aliphatic rings. The maximum absolute atomic E-state index is 12.8. The molecular formula is C20H24ClN3O5S. The molecule has 1 unspecified atom stereocenters. The summed E-state index contributed by atoms with van der Waals surface area (Å²) in [5, 5.41) is 3.58. The van der Waals surface area contributed by atoms with Gasteiger partial charge in [-0.25, -0.2) is 13.1 Å². The molecule has 2 aromatic rings. The minimum absolute atomic E-state index is 0.0862. The van der Waals surface area contributed by atoms with Crippen LogP contribution in [0, 0.1) is 0 Å². The number of hydrogen-bond donors (Lipinski definition) is 2. The molecule has 1 atom stereocenters. The molecule has 0 spiro atoms. The molecule has 0 radical (unpaired) electrons. The Hall–Kier alpha value is -2.49. The van der Waals surface area contributed by atoms with Crippen LogP contribution >= 0.6 is 11.6 Å². The van der Waals surface area contributed by atoms with Gasteiger partial charge in [-0.3, -0.25) is 4.79 Å². The van der Waals surface area contributed by atoms with E-state index >= 15 is 0 Å². The lowest BCUT2D eigenvalue weighted by molar-refractivity contribution is 0.0940. The van der Waals surface area contributed by atoms with Crippen LogP contribution in [-0.2, 0) is 10.0 Å². The summed E-state index contributed by atoms with van der Waals surface area (Å²) in [4.78, 5) is 14.8. The number of nitrogens with one attached hydrogen (secondary N) is 2. The van der Waals surface area contributed by atoms with E-state index in [1.54, 1.807) is 13.2 Å². The molecule has 0 bridgehead atoms. The third-order valence-corrected chi connectivity index (χ3v) is 6.66. The standard InChI is InChI=1S/C20H24ClN3O5S/c1-22-30(26,27)19-10-13(4-6-18(19)29-3)20(25)23-15-8-9-24(12-15)16-11-14(21)5-7-17(16)28-2/h4-7,10-11,15,22H,8-9,12H2,1-3H3,(H,23,25). The number of methoxy groups -OCH3 is 2. The first-order valence-corrected chi connectivity index (χ1v) is 11.2. The second-order valence-electron chi connectivity index (χ2n) is 6.79. The van der Waals surface area contributed by atoms with Gasteiger partial charge in [-0.05, 0) is 49.9 Å². The molecule has 0 aromatic heterocycles. The van der Waals surface area contributed by atoms with Crippen molar-refractivity contribution in [2.24, 2.45) is 0 Å². The molecule has 0 aliphatic carbocycles. The lowest BCUT2D eigenvalue weighted by Gasteiger charge is -2.22. The Morgan fingerprint density at radius 3 is 2.50 bits per heavy atom. The molecule has 1 fully saturated rings. The van der Waals surface area contributed by atoms with E-state index in [2.05, 4.69) is 14.9 Å². The van der Waals surface area contributed by atoms with Crippen LogP contribution in [-0.4, -0.2) is 54.7 Å². The van der Waals surface area contributed by atoms with Gasteiger partial charge in [0, 0.05) is 29.7 Å². The predicted octanol–water partition coefficient (Wildman–Crippen LogP) is 2.27. The Morgan fingerprint density at radius 1 is 1.13 bits per heavy atom. The van der Waals surface area contributed by atoms with Gasteiger partial charge in [0.1, 0.15) is 16.4 Å². The first-order chi connectivity index (χ1) is 14.3. The summed E-state index contributed by atoms with van der Waals surface area (Å²) in [5.74, 6) is 0.527. The van der Waals surface area contributed by atoms with Crippen molar-refractivity contribution in [2.45, 2.75) is 17.4 Å². The van der Waals surface area contributed by atoms with Crippen LogP contribution in [0.5, 0.6) is 11.5 Å². The first-order valence-electron chi connectivity index (χ1n) is 9.30. The summed E-state index contributed by atoms with van der Waals surface area (Å²) >= 11 is 6.12. The minimum atomic E-state index is -3.77. The summed E-state index contributed by atoms with van der Waals surface area (Å²) in [6.45, 7) is 1.31. The van der Waals surface area contributed by atoms with E-state index in [4.69, 9.17) is 21.1 Å². The number of nitrogens with zero attached hydrogens (tertiary/aromatic N) is 1. The number of ether oxygens (including phenoxy) is 2. The van der Waals surface area contributed by atoms with Gasteiger partial charge in [-0.2, -0.15) is 0 Å². The highest BCUT2D eigenvalue weighted by Gasteiger charge is 2.27. The van der Waals surface area contributed by atoms with E-state index in [-0.39, 0.29) is 28.2 Å². The number of amides is 1. The fourth-order valence-electron chi connectivity index (χ4n) is 3.41. The van der Waals surface area contributed by atoms with Crippen LogP contribution in [0.2, 0.25) is 5.02 Å². The molecule has 2 N–H and O–H groups in total. The predicted molar refractivity (Wildman–Crippen MR) is 115 cm³/mol. The quantitative estimate of drug-likeness (QED) is 0.667. The third kappa shape index (κ3) is 4.63. The van der Waals surface area contributed by atoms with Crippen LogP contribution in [0.1, 0.15) is 16.8 Å². The Bertz CT molecular complexity index is 1040. The summed E-state index contributed by atoms with van der Waals surface area (Å²) in [7, 11) is 0.510. The van der Waals surface area contributed by atoms with E-state index in [1.165, 1.54) is 32.4 Å². The second-order valence-corrected chi connectivity index (χ2v) is 9.09. The molecular weight excluding hydrogens is 430 g/mol. The Kier molecular flexibility index (Phi) is 6.74. The second kappa shape index (κ2) is 9.11. The van der Waals surface area contributed by atoms with Crippen LogP contribution in [0.15, 0.2) is 41.3 Å². The highest BCUT2D eigenvalue weighted by Crippen LogP contribution is 2.33. The van der Waals surface area contributed by atoms with Crippen molar-refractivity contribution in [3.05, 3.63) is 47.0 Å². The molecule has 1 heterocycles. The van der Waals surface area contributed by atoms with Gasteiger partial charge in [-0.1, -0.05) is 11.6 Å². The number of hydrogen-bond acceptors (Lipinski definition) is 6. The number of benzene rings is 2. The fourth-order valence-corrected chi connectivity index (χ4v) is 4.50. The van der Waals surface area contributed by atoms with E-state index in [9.17, 15) is 13.2 Å². The average molecular weight is 454 g/mol. The summed E-state index contributed by atoms with van der Waals surface area (Å²) in [6, 6.07) is 9.62. The van der Waals surface area contributed by atoms with Crippen molar-refractivity contribution >= 4 is 33.2 Å². The van der Waals surface area contributed by atoms with Crippen molar-refractivity contribution in [1.82, 2.24) is 10.0 Å². The summed E-state index contributed by atoms with van der Waals surface area (Å²) in [5.41, 5.74) is 1.11. The molecule has 30 heavy (non-hydrogen) atoms. The number of carbonyl (C=O) groups excluding carboxylic acids is 1. The highest BCUT2D eigenvalue weighted by molar-refractivity contribution is 7.89. The van der Waals surface area contributed by atoms with E-state index in [0.29, 0.717) is 17.3 Å². The normalized spacial score (nSPS) is 16.4.